The molecule has 5 heteroatoms. The van der Waals surface area contributed by atoms with Gasteiger partial charge in [0.1, 0.15) is 0 Å². The number of nitrogen functional groups attached to an aromatic ring is 1. The Hall–Kier alpha value is -1.07. The summed E-state index contributed by atoms with van der Waals surface area (Å²) in [6.45, 7) is 8.10. The Morgan fingerprint density at radius 2 is 1.85 bits per heavy atom. The van der Waals surface area contributed by atoms with Gasteiger partial charge in [-0.25, -0.2) is 13.1 Å². The third-order valence-electron chi connectivity index (χ3n) is 3.29. The van der Waals surface area contributed by atoms with E-state index in [1.165, 1.54) is 6.07 Å². The molecular formula is C15H26N2O2S. The highest BCUT2D eigenvalue weighted by molar-refractivity contribution is 7.89. The van der Waals surface area contributed by atoms with Gasteiger partial charge in [0.05, 0.1) is 4.90 Å². The van der Waals surface area contributed by atoms with Gasteiger partial charge in [-0.1, -0.05) is 26.8 Å². The van der Waals surface area contributed by atoms with Crippen molar-refractivity contribution in [2.45, 2.75) is 57.9 Å². The fourth-order valence-corrected chi connectivity index (χ4v) is 3.71. The fraction of sp³-hybridized carbons (Fsp3) is 0.600. The van der Waals surface area contributed by atoms with E-state index in [9.17, 15) is 8.42 Å². The van der Waals surface area contributed by atoms with Crippen molar-refractivity contribution in [1.82, 2.24) is 4.72 Å². The first kappa shape index (κ1) is 17.0. The maximum atomic E-state index is 12.5. The van der Waals surface area contributed by atoms with Crippen molar-refractivity contribution in [2.24, 2.45) is 5.92 Å². The van der Waals surface area contributed by atoms with Crippen LogP contribution in [-0.4, -0.2) is 14.5 Å². The van der Waals surface area contributed by atoms with E-state index >= 15 is 0 Å². The number of nitrogens with one attached hydrogen (secondary N) is 1. The van der Waals surface area contributed by atoms with Crippen LogP contribution in [0.4, 0.5) is 5.69 Å². The molecule has 0 aliphatic carbocycles. The van der Waals surface area contributed by atoms with E-state index in [0.717, 1.165) is 18.4 Å². The van der Waals surface area contributed by atoms with E-state index in [4.69, 9.17) is 5.73 Å². The van der Waals surface area contributed by atoms with Crippen molar-refractivity contribution in [2.75, 3.05) is 5.73 Å². The van der Waals surface area contributed by atoms with Crippen LogP contribution in [0.5, 0.6) is 0 Å². The first-order valence-corrected chi connectivity index (χ1v) is 8.65. The minimum Gasteiger partial charge on any atom is -0.399 e. The van der Waals surface area contributed by atoms with Gasteiger partial charge in [-0.15, -0.1) is 0 Å². The van der Waals surface area contributed by atoms with Crippen LogP contribution >= 0.6 is 0 Å². The number of aryl methyl sites for hydroxylation is 1. The summed E-state index contributed by atoms with van der Waals surface area (Å²) in [5.74, 6) is 0.570. The van der Waals surface area contributed by atoms with E-state index in [-0.39, 0.29) is 6.04 Å². The summed E-state index contributed by atoms with van der Waals surface area (Å²) in [4.78, 5) is 0.302. The molecular weight excluding hydrogens is 272 g/mol. The molecule has 3 N–H and O–H groups in total. The average Bonchev–Trinajstić information content (AvgIpc) is 2.36. The van der Waals surface area contributed by atoms with E-state index in [1.807, 2.05) is 13.8 Å². The average molecular weight is 298 g/mol. The molecule has 0 saturated heterocycles. The largest absolute Gasteiger partial charge is 0.399 e. The predicted molar refractivity (Wildman–Crippen MR) is 84.1 cm³/mol. The second kappa shape index (κ2) is 7.09. The summed E-state index contributed by atoms with van der Waals surface area (Å²) in [6, 6.07) is 4.98. The Kier molecular flexibility index (Phi) is 6.02. The third kappa shape index (κ3) is 4.80. The first-order valence-electron chi connectivity index (χ1n) is 7.17. The molecule has 0 bridgehead atoms. The van der Waals surface area contributed by atoms with Crippen LogP contribution in [0.15, 0.2) is 23.1 Å². The maximum absolute atomic E-state index is 12.5. The molecule has 0 aliphatic heterocycles. The van der Waals surface area contributed by atoms with Crippen molar-refractivity contribution in [3.05, 3.63) is 23.8 Å². The van der Waals surface area contributed by atoms with Crippen molar-refractivity contribution in [1.29, 1.82) is 0 Å². The summed E-state index contributed by atoms with van der Waals surface area (Å²) in [5, 5.41) is 0. The molecule has 1 aromatic carbocycles. The highest BCUT2D eigenvalue weighted by atomic mass is 32.2. The van der Waals surface area contributed by atoms with Crippen LogP contribution in [0, 0.1) is 5.92 Å². The molecule has 0 spiro atoms. The molecule has 0 saturated carbocycles. The van der Waals surface area contributed by atoms with E-state index in [0.29, 0.717) is 22.9 Å². The molecule has 0 amide bonds. The number of hydrogen-bond acceptors (Lipinski definition) is 3. The van der Waals surface area contributed by atoms with Crippen molar-refractivity contribution < 1.29 is 8.42 Å². The molecule has 0 radical (unpaired) electrons. The smallest absolute Gasteiger partial charge is 0.241 e. The minimum absolute atomic E-state index is 0.0754. The van der Waals surface area contributed by atoms with Gasteiger partial charge in [0.15, 0.2) is 0 Å². The Balaban J connectivity index is 2.91. The molecule has 1 unspecified atom stereocenters. The lowest BCUT2D eigenvalue weighted by atomic mass is 10.1. The summed E-state index contributed by atoms with van der Waals surface area (Å²) >= 11 is 0. The monoisotopic (exact) mass is 298 g/mol. The lowest BCUT2D eigenvalue weighted by Crippen LogP contribution is -2.33. The lowest BCUT2D eigenvalue weighted by molar-refractivity contribution is 0.485. The van der Waals surface area contributed by atoms with Crippen LogP contribution in [0.25, 0.3) is 0 Å². The molecule has 0 aromatic heterocycles. The summed E-state index contributed by atoms with van der Waals surface area (Å²) < 4.78 is 27.7. The zero-order chi connectivity index (χ0) is 15.3. The van der Waals surface area contributed by atoms with Gasteiger partial charge in [-0.05, 0) is 49.8 Å². The first-order chi connectivity index (χ1) is 9.26. The van der Waals surface area contributed by atoms with Crippen molar-refractivity contribution in [3.8, 4) is 0 Å². The number of benzene rings is 1. The lowest BCUT2D eigenvalue weighted by Gasteiger charge is -2.17. The highest BCUT2D eigenvalue weighted by Gasteiger charge is 2.20. The second-order valence-corrected chi connectivity index (χ2v) is 7.40. The Morgan fingerprint density at radius 1 is 1.20 bits per heavy atom. The standard InChI is InChI=1S/C15H26N2O2S/c1-5-13-8-9-14(16)10-15(13)20(18,19)17-12(4)7-6-11(2)3/h8-12,17H,5-7,16H2,1-4H3. The molecule has 0 fully saturated rings. The SMILES string of the molecule is CCc1ccc(N)cc1S(=O)(=O)NC(C)CCC(C)C. The summed E-state index contributed by atoms with van der Waals surface area (Å²) in [6.07, 6.45) is 2.50. The molecule has 1 atom stereocenters. The molecule has 4 nitrogen and oxygen atoms in total. The number of rotatable bonds is 7. The fourth-order valence-electron chi connectivity index (χ4n) is 2.08. The van der Waals surface area contributed by atoms with Crippen LogP contribution in [0.3, 0.4) is 0 Å². The van der Waals surface area contributed by atoms with Crippen molar-refractivity contribution >= 4 is 15.7 Å². The molecule has 20 heavy (non-hydrogen) atoms. The Bertz CT molecular complexity index is 539. The van der Waals surface area contributed by atoms with Gasteiger partial charge in [0.2, 0.25) is 10.0 Å². The second-order valence-electron chi connectivity index (χ2n) is 5.71. The number of hydrogen-bond donors (Lipinski definition) is 2. The molecule has 0 heterocycles. The van der Waals surface area contributed by atoms with Gasteiger partial charge in [-0.3, -0.25) is 0 Å². The molecule has 1 rings (SSSR count). The van der Waals surface area contributed by atoms with E-state index in [2.05, 4.69) is 18.6 Å². The number of anilines is 1. The zero-order valence-corrected chi connectivity index (χ0v) is 13.6. The third-order valence-corrected chi connectivity index (χ3v) is 4.97. The van der Waals surface area contributed by atoms with Gasteiger partial charge in [0.25, 0.3) is 0 Å². The van der Waals surface area contributed by atoms with Gasteiger partial charge in [0, 0.05) is 11.7 Å². The van der Waals surface area contributed by atoms with Crippen LogP contribution in [0.2, 0.25) is 0 Å². The van der Waals surface area contributed by atoms with Crippen LogP contribution < -0.4 is 10.5 Å². The number of sulfonamides is 1. The highest BCUT2D eigenvalue weighted by Crippen LogP contribution is 2.20. The van der Waals surface area contributed by atoms with Crippen LogP contribution in [-0.2, 0) is 16.4 Å². The predicted octanol–water partition coefficient (Wildman–Crippen LogP) is 2.93. The number of nitrogens with two attached hydrogens (primary N) is 1. The van der Waals surface area contributed by atoms with Crippen LogP contribution in [0.1, 0.15) is 46.1 Å². The maximum Gasteiger partial charge on any atom is 0.241 e. The van der Waals surface area contributed by atoms with Gasteiger partial charge < -0.3 is 5.73 Å². The molecule has 114 valence electrons. The zero-order valence-electron chi connectivity index (χ0n) is 12.8. The van der Waals surface area contributed by atoms with Crippen molar-refractivity contribution in [3.63, 3.8) is 0 Å². The van der Waals surface area contributed by atoms with Gasteiger partial charge >= 0.3 is 0 Å². The summed E-state index contributed by atoms with van der Waals surface area (Å²) in [7, 11) is -3.50. The Morgan fingerprint density at radius 3 is 2.40 bits per heavy atom. The van der Waals surface area contributed by atoms with Gasteiger partial charge in [-0.2, -0.15) is 0 Å². The van der Waals surface area contributed by atoms with E-state index < -0.39 is 10.0 Å². The van der Waals surface area contributed by atoms with E-state index in [1.54, 1.807) is 12.1 Å². The normalized spacial score (nSPS) is 13.7. The minimum atomic E-state index is -3.50. The molecule has 1 aromatic rings. The molecule has 0 aliphatic rings. The Labute approximate surface area is 122 Å². The quantitative estimate of drug-likeness (QED) is 0.760. The topological polar surface area (TPSA) is 72.2 Å². The summed E-state index contributed by atoms with van der Waals surface area (Å²) in [5.41, 5.74) is 6.98.